The molecule has 2 saturated heterocycles. The monoisotopic (exact) mass is 930 g/mol. The van der Waals surface area contributed by atoms with Crippen LogP contribution in [0.5, 0.6) is 0 Å². The number of aromatic nitrogens is 2. The second-order valence-electron chi connectivity index (χ2n) is 14.5. The molecule has 2 aliphatic rings. The Balaban J connectivity index is 0.000000181. The predicted molar refractivity (Wildman–Crippen MR) is 237 cm³/mol. The summed E-state index contributed by atoms with van der Waals surface area (Å²) in [5.74, 6) is -0.905. The van der Waals surface area contributed by atoms with Crippen LogP contribution in [0.3, 0.4) is 0 Å². The summed E-state index contributed by atoms with van der Waals surface area (Å²) in [5, 5.41) is 7.05. The van der Waals surface area contributed by atoms with Crippen LogP contribution in [0.15, 0.2) is 105 Å². The fourth-order valence-electron chi connectivity index (χ4n) is 6.84. The Morgan fingerprint density at radius 3 is 1.48 bits per heavy atom. The van der Waals surface area contributed by atoms with Crippen LogP contribution < -0.4 is 9.80 Å². The quantitative estimate of drug-likeness (QED) is 0.134. The van der Waals surface area contributed by atoms with Gasteiger partial charge in [0.2, 0.25) is 20.0 Å². The van der Waals surface area contributed by atoms with Gasteiger partial charge in [-0.05, 0) is 91.2 Å². The van der Waals surface area contributed by atoms with E-state index in [9.17, 15) is 25.6 Å². The Labute approximate surface area is 367 Å². The van der Waals surface area contributed by atoms with Crippen molar-refractivity contribution in [3.8, 4) is 0 Å². The van der Waals surface area contributed by atoms with Crippen molar-refractivity contribution in [2.45, 2.75) is 36.5 Å². The maximum absolute atomic E-state index is 13.1. The summed E-state index contributed by atoms with van der Waals surface area (Å²) in [5.41, 5.74) is 6.67. The minimum atomic E-state index is -3.63. The third kappa shape index (κ3) is 10.5. The van der Waals surface area contributed by atoms with Gasteiger partial charge < -0.3 is 9.80 Å². The van der Waals surface area contributed by atoms with E-state index in [0.29, 0.717) is 68.8 Å². The van der Waals surface area contributed by atoms with Gasteiger partial charge >= 0.3 is 0 Å². The van der Waals surface area contributed by atoms with Gasteiger partial charge in [0, 0.05) is 86.0 Å². The van der Waals surface area contributed by atoms with Crippen molar-refractivity contribution in [2.24, 2.45) is 0 Å². The number of benzene rings is 4. The lowest BCUT2D eigenvalue weighted by molar-refractivity contribution is 0.384. The maximum atomic E-state index is 13.1. The topological polar surface area (TPSA) is 107 Å². The summed E-state index contributed by atoms with van der Waals surface area (Å²) in [6.07, 6.45) is 1.40. The van der Waals surface area contributed by atoms with Gasteiger partial charge in [-0.15, -0.1) is 22.7 Å². The molecule has 0 amide bonds. The first kappa shape index (κ1) is 44.1. The average molecular weight is 932 g/mol. The molecule has 0 atom stereocenters. The standard InChI is InChI=1S/C22H24FN3O2S2.C20H18Cl2FN3O2S2/c1-16-3-4-17(2)18(13-16)14-20-15-29-22(24-20)25-9-11-26(12-10-25)30(27,28)21-7-5-19(23)6-8-21;21-15-2-1-14(19(22)12-15)11-17-13-29-20(24-17)25-7-9-26(10-8-25)30(27,28)18-5-3-16(23)4-6-18/h3-8,13,15H,9-12,14H2,1-2H3;1-6,12-13H,7-11H2. The Morgan fingerprint density at radius 2 is 1.03 bits per heavy atom. The second kappa shape index (κ2) is 18.9. The number of anilines is 2. The molecule has 60 heavy (non-hydrogen) atoms. The number of sulfonamides is 2. The largest absolute Gasteiger partial charge is 0.345 e. The molecule has 2 fully saturated rings. The Hall–Kier alpha value is -4.00. The molecule has 0 saturated carbocycles. The summed E-state index contributed by atoms with van der Waals surface area (Å²) in [6.45, 7) is 7.89. The molecule has 0 N–H and O–H groups in total. The van der Waals surface area contributed by atoms with Crippen LogP contribution in [0, 0.1) is 25.5 Å². The number of aryl methyl sites for hydroxylation is 2. The number of nitrogens with zero attached hydrogens (tertiary/aromatic N) is 6. The molecule has 316 valence electrons. The van der Waals surface area contributed by atoms with Crippen molar-refractivity contribution in [3.05, 3.63) is 151 Å². The average Bonchev–Trinajstić information content (AvgIpc) is 3.91. The van der Waals surface area contributed by atoms with Crippen LogP contribution in [0.2, 0.25) is 10.0 Å². The van der Waals surface area contributed by atoms with Gasteiger partial charge in [-0.3, -0.25) is 0 Å². The number of hydrogen-bond acceptors (Lipinski definition) is 10. The third-order valence-electron chi connectivity index (χ3n) is 10.3. The van der Waals surface area contributed by atoms with E-state index in [4.69, 9.17) is 33.2 Å². The van der Waals surface area contributed by atoms with Crippen molar-refractivity contribution in [2.75, 3.05) is 62.2 Å². The van der Waals surface area contributed by atoms with Gasteiger partial charge in [0.05, 0.1) is 21.2 Å². The van der Waals surface area contributed by atoms with E-state index >= 15 is 0 Å². The van der Waals surface area contributed by atoms with Crippen LogP contribution in [-0.4, -0.2) is 87.8 Å². The van der Waals surface area contributed by atoms with Gasteiger partial charge in [0.25, 0.3) is 0 Å². The highest BCUT2D eigenvalue weighted by molar-refractivity contribution is 7.89. The van der Waals surface area contributed by atoms with E-state index in [1.54, 1.807) is 23.5 Å². The molecule has 4 heterocycles. The first-order valence-electron chi connectivity index (χ1n) is 19.1. The molecular weight excluding hydrogens is 890 g/mol. The van der Waals surface area contributed by atoms with Gasteiger partial charge in [0.15, 0.2) is 10.3 Å². The highest BCUT2D eigenvalue weighted by Gasteiger charge is 2.31. The Bertz CT molecular complexity index is 2650. The summed E-state index contributed by atoms with van der Waals surface area (Å²) in [4.78, 5) is 13.9. The van der Waals surface area contributed by atoms with E-state index < -0.39 is 31.7 Å². The lowest BCUT2D eigenvalue weighted by Crippen LogP contribution is -2.48. The number of rotatable bonds is 10. The zero-order chi connectivity index (χ0) is 42.6. The fourth-order valence-corrected chi connectivity index (χ4v) is 11.9. The fraction of sp³-hybridized carbons (Fsp3) is 0.286. The summed E-state index contributed by atoms with van der Waals surface area (Å²) < 4.78 is 80.2. The Morgan fingerprint density at radius 1 is 0.583 bits per heavy atom. The van der Waals surface area contributed by atoms with Gasteiger partial charge in [-0.1, -0.05) is 53.0 Å². The number of halogens is 4. The first-order chi connectivity index (χ1) is 28.6. The lowest BCUT2D eigenvalue weighted by atomic mass is 10.0. The van der Waals surface area contributed by atoms with Gasteiger partial charge in [-0.2, -0.15) is 8.61 Å². The molecule has 0 radical (unpaired) electrons. The molecule has 0 unspecified atom stereocenters. The van der Waals surface area contributed by atoms with E-state index in [2.05, 4.69) is 47.2 Å². The van der Waals surface area contributed by atoms with E-state index in [1.165, 1.54) is 73.0 Å². The van der Waals surface area contributed by atoms with Gasteiger partial charge in [0.1, 0.15) is 11.6 Å². The van der Waals surface area contributed by atoms with Crippen molar-refractivity contribution < 1.29 is 25.6 Å². The molecule has 4 aromatic carbocycles. The smallest absolute Gasteiger partial charge is 0.243 e. The summed E-state index contributed by atoms with van der Waals surface area (Å²) in [6, 6.07) is 21.8. The zero-order valence-electron chi connectivity index (χ0n) is 32.8. The molecule has 2 aromatic heterocycles. The highest BCUT2D eigenvalue weighted by Crippen LogP contribution is 2.29. The van der Waals surface area contributed by atoms with Gasteiger partial charge in [-0.25, -0.2) is 35.6 Å². The number of piperazine rings is 2. The normalized spacial score (nSPS) is 15.5. The number of hydrogen-bond donors (Lipinski definition) is 0. The highest BCUT2D eigenvalue weighted by atomic mass is 35.5. The maximum Gasteiger partial charge on any atom is 0.243 e. The molecule has 2 aliphatic heterocycles. The zero-order valence-corrected chi connectivity index (χ0v) is 37.5. The number of thiazole rings is 2. The molecule has 6 aromatic rings. The van der Waals surface area contributed by atoms with E-state index in [1.807, 2.05) is 11.4 Å². The summed E-state index contributed by atoms with van der Waals surface area (Å²) in [7, 11) is -7.24. The lowest BCUT2D eigenvalue weighted by Gasteiger charge is -2.33. The van der Waals surface area contributed by atoms with Crippen molar-refractivity contribution in [1.29, 1.82) is 0 Å². The minimum Gasteiger partial charge on any atom is -0.345 e. The van der Waals surface area contributed by atoms with Crippen LogP contribution in [0.25, 0.3) is 0 Å². The SMILES string of the molecule is Cc1ccc(C)c(Cc2csc(N3CCN(S(=O)(=O)c4ccc(F)cc4)CC3)n2)c1.O=S(=O)(c1ccc(F)cc1)N1CCN(c2nc(Cc3ccc(Cl)cc3Cl)cs2)CC1. The van der Waals surface area contributed by atoms with Crippen LogP contribution in [-0.2, 0) is 32.9 Å². The molecule has 8 rings (SSSR count). The van der Waals surface area contributed by atoms with Crippen molar-refractivity contribution >= 4 is 76.2 Å². The van der Waals surface area contributed by atoms with Crippen LogP contribution >= 0.6 is 45.9 Å². The van der Waals surface area contributed by atoms with Crippen molar-refractivity contribution in [1.82, 2.24) is 18.6 Å². The molecule has 18 heteroatoms. The molecule has 10 nitrogen and oxygen atoms in total. The van der Waals surface area contributed by atoms with E-state index in [-0.39, 0.29) is 9.79 Å². The van der Waals surface area contributed by atoms with Crippen LogP contribution in [0.4, 0.5) is 19.0 Å². The minimum absolute atomic E-state index is 0.105. The molecular formula is C42H42Cl2F2N6O4S4. The predicted octanol–water partition coefficient (Wildman–Crippen LogP) is 8.69. The second-order valence-corrected chi connectivity index (χ2v) is 20.8. The molecule has 0 bridgehead atoms. The molecule has 0 aliphatic carbocycles. The van der Waals surface area contributed by atoms with E-state index in [0.717, 1.165) is 45.8 Å². The Kier molecular flexibility index (Phi) is 13.9. The first-order valence-corrected chi connectivity index (χ1v) is 24.5. The van der Waals surface area contributed by atoms with Crippen LogP contribution in [0.1, 0.15) is 33.6 Å². The third-order valence-corrected chi connectivity index (χ3v) is 16.6. The molecule has 0 spiro atoms. The van der Waals surface area contributed by atoms with Crippen molar-refractivity contribution in [3.63, 3.8) is 0 Å². The summed E-state index contributed by atoms with van der Waals surface area (Å²) >= 11 is 15.3.